The highest BCUT2D eigenvalue weighted by atomic mass is 32.1. The van der Waals surface area contributed by atoms with Crippen molar-refractivity contribution in [1.29, 1.82) is 0 Å². The molecule has 0 spiro atoms. The van der Waals surface area contributed by atoms with Gasteiger partial charge in [0.2, 0.25) is 0 Å². The molecule has 0 saturated heterocycles. The van der Waals surface area contributed by atoms with Gasteiger partial charge >= 0.3 is 5.97 Å². The first-order valence-corrected chi connectivity index (χ1v) is 7.07. The minimum Gasteiger partial charge on any atom is -0.478 e. The van der Waals surface area contributed by atoms with Gasteiger partial charge < -0.3 is 9.63 Å². The molecule has 0 aliphatic heterocycles. The van der Waals surface area contributed by atoms with Gasteiger partial charge in [-0.25, -0.2) is 9.78 Å². The molecule has 106 valence electrons. The minimum atomic E-state index is -0.991. The smallest absolute Gasteiger partial charge is 0.335 e. The molecule has 2 aromatic heterocycles. The molecule has 7 heteroatoms. The Bertz CT molecular complexity index is 794. The predicted octanol–water partition coefficient (Wildman–Crippen LogP) is 2.79. The normalized spacial score (nSPS) is 10.7. The van der Waals surface area contributed by atoms with E-state index in [2.05, 4.69) is 15.1 Å². The lowest BCUT2D eigenvalue weighted by atomic mass is 10.1. The average molecular weight is 301 g/mol. The number of aromatic nitrogens is 3. The van der Waals surface area contributed by atoms with Crippen molar-refractivity contribution in [2.24, 2.45) is 0 Å². The second kappa shape index (κ2) is 5.45. The number of carbonyl (C=O) groups is 1. The van der Waals surface area contributed by atoms with Crippen LogP contribution in [0.4, 0.5) is 0 Å². The summed E-state index contributed by atoms with van der Waals surface area (Å²) in [6, 6.07) is 6.40. The molecule has 1 N–H and O–H groups in total. The number of carboxylic acids is 1. The Kier molecular flexibility index (Phi) is 3.49. The number of benzene rings is 1. The van der Waals surface area contributed by atoms with Crippen LogP contribution in [0.25, 0.3) is 11.5 Å². The van der Waals surface area contributed by atoms with E-state index in [0.717, 1.165) is 10.7 Å². The van der Waals surface area contributed by atoms with Crippen molar-refractivity contribution in [2.45, 2.75) is 13.3 Å². The molecule has 21 heavy (non-hydrogen) atoms. The van der Waals surface area contributed by atoms with Crippen molar-refractivity contribution >= 4 is 17.3 Å². The van der Waals surface area contributed by atoms with E-state index in [1.807, 2.05) is 12.3 Å². The van der Waals surface area contributed by atoms with Crippen LogP contribution in [0.15, 0.2) is 34.2 Å². The monoisotopic (exact) mass is 301 g/mol. The lowest BCUT2D eigenvalue weighted by Crippen LogP contribution is -1.96. The van der Waals surface area contributed by atoms with E-state index in [1.54, 1.807) is 23.5 Å². The summed E-state index contributed by atoms with van der Waals surface area (Å²) < 4.78 is 5.19. The third-order valence-corrected chi connectivity index (χ3v) is 3.65. The Balaban J connectivity index is 1.84. The van der Waals surface area contributed by atoms with Crippen molar-refractivity contribution in [3.63, 3.8) is 0 Å². The summed E-state index contributed by atoms with van der Waals surface area (Å²) in [6.07, 6.45) is 0.493. The number of hydrogen-bond donors (Lipinski definition) is 1. The van der Waals surface area contributed by atoms with Crippen LogP contribution in [-0.4, -0.2) is 26.2 Å². The topological polar surface area (TPSA) is 89.1 Å². The SMILES string of the molecule is Cc1nc(Cc2noc(-c3cccc(C(=O)O)c3)n2)cs1. The standard InChI is InChI=1S/C14H11N3O3S/c1-8-15-11(7-21-8)6-12-16-13(20-17-12)9-3-2-4-10(5-9)14(18)19/h2-5,7H,6H2,1H3,(H,18,19). The number of rotatable bonds is 4. The molecular weight excluding hydrogens is 290 g/mol. The summed E-state index contributed by atoms with van der Waals surface area (Å²) in [7, 11) is 0. The summed E-state index contributed by atoms with van der Waals surface area (Å²) in [4.78, 5) is 19.6. The highest BCUT2D eigenvalue weighted by Crippen LogP contribution is 2.20. The van der Waals surface area contributed by atoms with Crippen LogP contribution in [0.1, 0.15) is 26.9 Å². The quantitative estimate of drug-likeness (QED) is 0.797. The molecule has 0 saturated carbocycles. The van der Waals surface area contributed by atoms with Crippen LogP contribution in [0.5, 0.6) is 0 Å². The van der Waals surface area contributed by atoms with Gasteiger partial charge in [0.1, 0.15) is 0 Å². The zero-order valence-electron chi connectivity index (χ0n) is 11.1. The van der Waals surface area contributed by atoms with Gasteiger partial charge in [-0.2, -0.15) is 4.98 Å². The summed E-state index contributed by atoms with van der Waals surface area (Å²) in [5.74, 6) is -0.161. The molecule has 0 bridgehead atoms. The maximum absolute atomic E-state index is 11.0. The van der Waals surface area contributed by atoms with Crippen LogP contribution in [-0.2, 0) is 6.42 Å². The molecule has 0 atom stereocenters. The summed E-state index contributed by atoms with van der Waals surface area (Å²) in [5.41, 5.74) is 1.66. The third kappa shape index (κ3) is 2.97. The summed E-state index contributed by atoms with van der Waals surface area (Å²) in [6.45, 7) is 1.94. The molecule has 6 nitrogen and oxygen atoms in total. The molecular formula is C14H11N3O3S. The van der Waals surface area contributed by atoms with Gasteiger partial charge in [-0.05, 0) is 25.1 Å². The lowest BCUT2D eigenvalue weighted by Gasteiger charge is -1.96. The van der Waals surface area contributed by atoms with Gasteiger partial charge in [0.15, 0.2) is 5.82 Å². The van der Waals surface area contributed by atoms with Gasteiger partial charge in [0.05, 0.1) is 22.7 Å². The highest BCUT2D eigenvalue weighted by molar-refractivity contribution is 7.09. The molecule has 0 aliphatic carbocycles. The van der Waals surface area contributed by atoms with Crippen LogP contribution in [0.2, 0.25) is 0 Å². The van der Waals surface area contributed by atoms with Crippen molar-refractivity contribution < 1.29 is 14.4 Å². The van der Waals surface area contributed by atoms with Crippen molar-refractivity contribution in [3.05, 3.63) is 51.7 Å². The van der Waals surface area contributed by atoms with Gasteiger partial charge in [-0.3, -0.25) is 0 Å². The Morgan fingerprint density at radius 1 is 1.38 bits per heavy atom. The molecule has 0 amide bonds. The number of aryl methyl sites for hydroxylation is 1. The van der Waals surface area contributed by atoms with E-state index < -0.39 is 5.97 Å². The molecule has 3 rings (SSSR count). The molecule has 3 aromatic rings. The number of carboxylic acid groups (broad SMARTS) is 1. The average Bonchev–Trinajstić information content (AvgIpc) is 3.09. The minimum absolute atomic E-state index is 0.183. The molecule has 0 unspecified atom stereocenters. The van der Waals surface area contributed by atoms with Gasteiger partial charge in [-0.15, -0.1) is 11.3 Å². The van der Waals surface area contributed by atoms with E-state index in [9.17, 15) is 4.79 Å². The zero-order valence-corrected chi connectivity index (χ0v) is 11.9. The maximum atomic E-state index is 11.0. The molecule has 0 fully saturated rings. The summed E-state index contributed by atoms with van der Waals surface area (Å²) >= 11 is 1.57. The zero-order chi connectivity index (χ0) is 14.8. The fourth-order valence-electron chi connectivity index (χ4n) is 1.88. The number of nitrogens with zero attached hydrogens (tertiary/aromatic N) is 3. The lowest BCUT2D eigenvalue weighted by molar-refractivity contribution is 0.0697. The van der Waals surface area contributed by atoms with Crippen LogP contribution in [0.3, 0.4) is 0 Å². The molecule has 1 aromatic carbocycles. The van der Waals surface area contributed by atoms with Crippen LogP contribution in [0, 0.1) is 6.92 Å². The Hall–Kier alpha value is -2.54. The number of thiazole rings is 1. The fourth-order valence-corrected chi connectivity index (χ4v) is 2.49. The van der Waals surface area contributed by atoms with E-state index in [-0.39, 0.29) is 5.56 Å². The molecule has 0 aliphatic rings. The van der Waals surface area contributed by atoms with E-state index in [1.165, 1.54) is 12.1 Å². The predicted molar refractivity (Wildman–Crippen MR) is 76.4 cm³/mol. The number of hydrogen-bond acceptors (Lipinski definition) is 6. The van der Waals surface area contributed by atoms with Crippen molar-refractivity contribution in [2.75, 3.05) is 0 Å². The molecule has 2 heterocycles. The summed E-state index contributed by atoms with van der Waals surface area (Å²) in [5, 5.41) is 15.8. The largest absolute Gasteiger partial charge is 0.478 e. The van der Waals surface area contributed by atoms with Crippen molar-refractivity contribution in [1.82, 2.24) is 15.1 Å². The maximum Gasteiger partial charge on any atom is 0.335 e. The van der Waals surface area contributed by atoms with Crippen LogP contribution >= 0.6 is 11.3 Å². The third-order valence-electron chi connectivity index (χ3n) is 2.83. The van der Waals surface area contributed by atoms with E-state index in [4.69, 9.17) is 9.63 Å². The van der Waals surface area contributed by atoms with E-state index in [0.29, 0.717) is 23.7 Å². The second-order valence-electron chi connectivity index (χ2n) is 4.44. The van der Waals surface area contributed by atoms with Crippen molar-refractivity contribution in [3.8, 4) is 11.5 Å². The Morgan fingerprint density at radius 3 is 2.95 bits per heavy atom. The first kappa shape index (κ1) is 13.4. The highest BCUT2D eigenvalue weighted by Gasteiger charge is 2.12. The number of aromatic carboxylic acids is 1. The first-order chi connectivity index (χ1) is 10.1. The molecule has 0 radical (unpaired) electrons. The Labute approximate surface area is 124 Å². The van der Waals surface area contributed by atoms with Gasteiger partial charge in [0.25, 0.3) is 5.89 Å². The second-order valence-corrected chi connectivity index (χ2v) is 5.50. The first-order valence-electron chi connectivity index (χ1n) is 6.19. The van der Waals surface area contributed by atoms with E-state index >= 15 is 0 Å². The van der Waals surface area contributed by atoms with Gasteiger partial charge in [-0.1, -0.05) is 11.2 Å². The fraction of sp³-hybridized carbons (Fsp3) is 0.143. The van der Waals surface area contributed by atoms with Gasteiger partial charge in [0, 0.05) is 10.9 Å². The Morgan fingerprint density at radius 2 is 2.24 bits per heavy atom. The van der Waals surface area contributed by atoms with Crippen LogP contribution < -0.4 is 0 Å².